The molecule has 0 aliphatic rings. The second kappa shape index (κ2) is 3.32. The first kappa shape index (κ1) is 9.34. The average molecular weight is 181 g/mol. The molecule has 0 radical (unpaired) electrons. The molecule has 0 saturated heterocycles. The van der Waals surface area contributed by atoms with Gasteiger partial charge in [0.15, 0.2) is 0 Å². The number of halogens is 1. The Morgan fingerprint density at radius 2 is 2.08 bits per heavy atom. The molecule has 1 rings (SSSR count). The van der Waals surface area contributed by atoms with E-state index in [1.807, 2.05) is 38.1 Å². The topological polar surface area (TPSA) is 0 Å². The number of alkyl halides is 1. The molecule has 64 valence electrons. The van der Waals surface area contributed by atoms with Gasteiger partial charge in [-0.25, -0.2) is 0 Å². The molecule has 0 aliphatic carbocycles. The molecule has 1 aromatic carbocycles. The van der Waals surface area contributed by atoms with E-state index >= 15 is 0 Å². The van der Waals surface area contributed by atoms with Crippen molar-refractivity contribution in [1.29, 1.82) is 0 Å². The quantitative estimate of drug-likeness (QED) is 0.608. The highest BCUT2D eigenvalue weighted by Crippen LogP contribution is 2.27. The van der Waals surface area contributed by atoms with Gasteiger partial charge in [-0.3, -0.25) is 0 Å². The van der Waals surface area contributed by atoms with Crippen molar-refractivity contribution in [1.82, 2.24) is 0 Å². The molecule has 0 unspecified atom stereocenters. The Labute approximate surface area is 78.9 Å². The van der Waals surface area contributed by atoms with Crippen molar-refractivity contribution in [2.45, 2.75) is 18.7 Å². The second-order valence-electron chi connectivity index (χ2n) is 3.30. The molecule has 0 fully saturated rings. The second-order valence-corrected chi connectivity index (χ2v) is 4.25. The summed E-state index contributed by atoms with van der Waals surface area (Å²) in [5, 5.41) is 0. The van der Waals surface area contributed by atoms with E-state index in [9.17, 15) is 0 Å². The highest BCUT2D eigenvalue weighted by Gasteiger charge is 2.15. The predicted octanol–water partition coefficient (Wildman–Crippen LogP) is 3.80. The van der Waals surface area contributed by atoms with E-state index in [1.54, 1.807) is 0 Å². The first-order valence-corrected chi connectivity index (χ1v) is 4.34. The van der Waals surface area contributed by atoms with Crippen LogP contribution in [0.1, 0.15) is 25.0 Å². The standard InChI is InChI=1S/C11H13Cl/c1-4-9-6-5-7-10(8-9)11(2,3)12/h4-8H,1H2,2-3H3. The first-order valence-electron chi connectivity index (χ1n) is 3.96. The van der Waals surface area contributed by atoms with E-state index in [2.05, 4.69) is 12.6 Å². The van der Waals surface area contributed by atoms with Crippen molar-refractivity contribution in [3.63, 3.8) is 0 Å². The van der Waals surface area contributed by atoms with Crippen LogP contribution in [-0.4, -0.2) is 0 Å². The maximum atomic E-state index is 6.15. The summed E-state index contributed by atoms with van der Waals surface area (Å²) in [6, 6.07) is 8.09. The van der Waals surface area contributed by atoms with Crippen molar-refractivity contribution >= 4 is 17.7 Å². The molecular weight excluding hydrogens is 168 g/mol. The van der Waals surface area contributed by atoms with Crippen LogP contribution >= 0.6 is 11.6 Å². The van der Waals surface area contributed by atoms with Crippen LogP contribution in [0.4, 0.5) is 0 Å². The normalized spacial score (nSPS) is 11.2. The lowest BCUT2D eigenvalue weighted by molar-refractivity contribution is 0.766. The molecule has 0 aliphatic heterocycles. The molecule has 0 heterocycles. The maximum Gasteiger partial charge on any atom is 0.0639 e. The molecular formula is C11H13Cl. The average Bonchev–Trinajstić information content (AvgIpc) is 2.03. The van der Waals surface area contributed by atoms with E-state index in [-0.39, 0.29) is 4.87 Å². The summed E-state index contributed by atoms with van der Waals surface area (Å²) in [6.45, 7) is 7.68. The third-order valence-corrected chi connectivity index (χ3v) is 2.03. The Hall–Kier alpha value is -0.750. The molecule has 0 nitrogen and oxygen atoms in total. The molecule has 12 heavy (non-hydrogen) atoms. The third kappa shape index (κ3) is 2.12. The fourth-order valence-electron chi connectivity index (χ4n) is 1.04. The Morgan fingerprint density at radius 1 is 1.42 bits per heavy atom. The van der Waals surface area contributed by atoms with Gasteiger partial charge in [-0.05, 0) is 25.0 Å². The highest BCUT2D eigenvalue weighted by molar-refractivity contribution is 6.23. The SMILES string of the molecule is C=Cc1cccc(C(C)(C)Cl)c1. The van der Waals surface area contributed by atoms with E-state index in [0.29, 0.717) is 0 Å². The van der Waals surface area contributed by atoms with Gasteiger partial charge < -0.3 is 0 Å². The Morgan fingerprint density at radius 3 is 2.58 bits per heavy atom. The molecule has 0 amide bonds. The largest absolute Gasteiger partial charge is 0.115 e. The van der Waals surface area contributed by atoms with Crippen LogP contribution in [0, 0.1) is 0 Å². The summed E-state index contributed by atoms with van der Waals surface area (Å²) in [6.07, 6.45) is 1.83. The molecule has 0 aromatic heterocycles. The number of hydrogen-bond donors (Lipinski definition) is 0. The van der Waals surface area contributed by atoms with Gasteiger partial charge >= 0.3 is 0 Å². The van der Waals surface area contributed by atoms with Gasteiger partial charge in [-0.1, -0.05) is 36.9 Å². The van der Waals surface area contributed by atoms with Crippen molar-refractivity contribution in [3.05, 3.63) is 42.0 Å². The Kier molecular flexibility index (Phi) is 2.58. The van der Waals surface area contributed by atoms with Gasteiger partial charge in [-0.15, -0.1) is 11.6 Å². The zero-order valence-corrected chi connectivity index (χ0v) is 8.23. The minimum atomic E-state index is -0.293. The zero-order valence-electron chi connectivity index (χ0n) is 7.47. The van der Waals surface area contributed by atoms with Gasteiger partial charge in [0, 0.05) is 0 Å². The van der Waals surface area contributed by atoms with Gasteiger partial charge in [-0.2, -0.15) is 0 Å². The van der Waals surface area contributed by atoms with Crippen LogP contribution in [0.2, 0.25) is 0 Å². The lowest BCUT2D eigenvalue weighted by atomic mass is 10.0. The maximum absolute atomic E-state index is 6.15. The molecule has 0 bridgehead atoms. The van der Waals surface area contributed by atoms with E-state index in [0.717, 1.165) is 11.1 Å². The van der Waals surface area contributed by atoms with Crippen LogP contribution in [0.15, 0.2) is 30.8 Å². The lowest BCUT2D eigenvalue weighted by Crippen LogP contribution is -2.06. The first-order chi connectivity index (χ1) is 5.54. The van der Waals surface area contributed by atoms with Crippen molar-refractivity contribution in [3.8, 4) is 0 Å². The lowest BCUT2D eigenvalue weighted by Gasteiger charge is -2.16. The number of hydrogen-bond acceptors (Lipinski definition) is 0. The summed E-state index contributed by atoms with van der Waals surface area (Å²) >= 11 is 6.15. The molecule has 0 saturated carbocycles. The molecule has 0 N–H and O–H groups in total. The summed E-state index contributed by atoms with van der Waals surface area (Å²) in [4.78, 5) is -0.293. The zero-order chi connectivity index (χ0) is 9.19. The summed E-state index contributed by atoms with van der Waals surface area (Å²) in [7, 11) is 0. The minimum absolute atomic E-state index is 0.293. The predicted molar refractivity (Wildman–Crippen MR) is 55.4 cm³/mol. The Balaban J connectivity index is 3.10. The van der Waals surface area contributed by atoms with E-state index in [4.69, 9.17) is 11.6 Å². The Bertz CT molecular complexity index is 281. The van der Waals surface area contributed by atoms with Gasteiger partial charge in [0.05, 0.1) is 4.87 Å². The number of benzene rings is 1. The van der Waals surface area contributed by atoms with Crippen LogP contribution in [0.25, 0.3) is 6.08 Å². The van der Waals surface area contributed by atoms with Crippen molar-refractivity contribution in [2.75, 3.05) is 0 Å². The molecule has 0 spiro atoms. The van der Waals surface area contributed by atoms with Crippen LogP contribution in [0.3, 0.4) is 0 Å². The fourth-order valence-corrected chi connectivity index (χ4v) is 1.15. The van der Waals surface area contributed by atoms with Crippen LogP contribution in [0.5, 0.6) is 0 Å². The summed E-state index contributed by atoms with van der Waals surface area (Å²) in [5.41, 5.74) is 2.24. The van der Waals surface area contributed by atoms with Crippen LogP contribution in [-0.2, 0) is 4.87 Å². The molecule has 1 aromatic rings. The van der Waals surface area contributed by atoms with E-state index in [1.165, 1.54) is 0 Å². The number of rotatable bonds is 2. The van der Waals surface area contributed by atoms with Gasteiger partial charge in [0.2, 0.25) is 0 Å². The fraction of sp³-hybridized carbons (Fsp3) is 0.273. The minimum Gasteiger partial charge on any atom is -0.115 e. The summed E-state index contributed by atoms with van der Waals surface area (Å²) in [5.74, 6) is 0. The smallest absolute Gasteiger partial charge is 0.0639 e. The van der Waals surface area contributed by atoms with E-state index < -0.39 is 0 Å². The van der Waals surface area contributed by atoms with Crippen molar-refractivity contribution < 1.29 is 0 Å². The molecule has 1 heteroatoms. The van der Waals surface area contributed by atoms with Gasteiger partial charge in [0.1, 0.15) is 0 Å². The highest BCUT2D eigenvalue weighted by atomic mass is 35.5. The molecule has 0 atom stereocenters. The van der Waals surface area contributed by atoms with Gasteiger partial charge in [0.25, 0.3) is 0 Å². The van der Waals surface area contributed by atoms with Crippen LogP contribution < -0.4 is 0 Å². The summed E-state index contributed by atoms with van der Waals surface area (Å²) < 4.78 is 0. The van der Waals surface area contributed by atoms with Crippen molar-refractivity contribution in [2.24, 2.45) is 0 Å². The monoisotopic (exact) mass is 180 g/mol. The third-order valence-electron chi connectivity index (χ3n) is 1.81.